The Labute approximate surface area is 219 Å². The molecule has 6 heteroatoms. The number of rotatable bonds is 7. The molecule has 0 unspecified atom stereocenters. The molecule has 3 aromatic rings. The molecule has 3 aliphatic rings. The van der Waals surface area contributed by atoms with Gasteiger partial charge in [-0.2, -0.15) is 0 Å². The van der Waals surface area contributed by atoms with Crippen LogP contribution in [0.1, 0.15) is 44.1 Å². The third-order valence-electron chi connectivity index (χ3n) is 8.07. The molecule has 0 radical (unpaired) electrons. The molecule has 0 atom stereocenters. The zero-order valence-corrected chi connectivity index (χ0v) is 21.3. The van der Waals surface area contributed by atoms with Gasteiger partial charge in [-0.25, -0.2) is 0 Å². The average molecular weight is 498 g/mol. The minimum absolute atomic E-state index is 0.157. The minimum Gasteiger partial charge on any atom is -0.487 e. The number of piperidine rings is 1. The largest absolute Gasteiger partial charge is 0.487 e. The summed E-state index contributed by atoms with van der Waals surface area (Å²) in [5.41, 5.74) is 1.86. The fourth-order valence-electron chi connectivity index (χ4n) is 6.02. The average Bonchev–Trinajstić information content (AvgIpc) is 3.55. The second kappa shape index (κ2) is 10.5. The maximum absolute atomic E-state index is 13.0. The van der Waals surface area contributed by atoms with E-state index in [9.17, 15) is 4.79 Å². The van der Waals surface area contributed by atoms with Gasteiger partial charge in [0.05, 0.1) is 12.8 Å². The number of carbonyl (C=O) groups is 1. The SMILES string of the molecule is O=C1NCN(c2ccccc2)C12CCN(Cc1cccc(Oc3ccccc3OC3CCCC3)c1)CC2. The van der Waals surface area contributed by atoms with Crippen LogP contribution in [0.4, 0.5) is 5.69 Å². The van der Waals surface area contributed by atoms with Gasteiger partial charge in [-0.3, -0.25) is 9.69 Å². The fourth-order valence-corrected chi connectivity index (χ4v) is 6.02. The van der Waals surface area contributed by atoms with Crippen molar-refractivity contribution in [3.63, 3.8) is 0 Å². The number of hydrogen-bond acceptors (Lipinski definition) is 5. The summed E-state index contributed by atoms with van der Waals surface area (Å²) in [5.74, 6) is 2.56. The normalized spacial score (nSPS) is 19.8. The lowest BCUT2D eigenvalue weighted by molar-refractivity contribution is -0.125. The van der Waals surface area contributed by atoms with Crippen LogP contribution in [0.3, 0.4) is 0 Å². The zero-order valence-electron chi connectivity index (χ0n) is 21.3. The maximum Gasteiger partial charge on any atom is 0.247 e. The van der Waals surface area contributed by atoms with Crippen LogP contribution < -0.4 is 19.7 Å². The number of carbonyl (C=O) groups excluding carboxylic acids is 1. The molecule has 2 aliphatic heterocycles. The topological polar surface area (TPSA) is 54.0 Å². The van der Waals surface area contributed by atoms with E-state index < -0.39 is 5.54 Å². The number of amides is 1. The van der Waals surface area contributed by atoms with E-state index in [1.807, 2.05) is 48.5 Å². The van der Waals surface area contributed by atoms with Gasteiger partial charge in [-0.1, -0.05) is 42.5 Å². The van der Waals surface area contributed by atoms with Gasteiger partial charge in [-0.15, -0.1) is 0 Å². The minimum atomic E-state index is -0.453. The maximum atomic E-state index is 13.0. The summed E-state index contributed by atoms with van der Waals surface area (Å²) in [6.45, 7) is 3.16. The van der Waals surface area contributed by atoms with Crippen LogP contribution >= 0.6 is 0 Å². The van der Waals surface area contributed by atoms with Gasteiger partial charge >= 0.3 is 0 Å². The van der Waals surface area contributed by atoms with Gasteiger partial charge in [0.25, 0.3) is 0 Å². The Balaban J connectivity index is 1.10. The van der Waals surface area contributed by atoms with E-state index in [0.717, 1.165) is 68.3 Å². The molecule has 6 rings (SSSR count). The molecular formula is C31H35N3O3. The van der Waals surface area contributed by atoms with Crippen LogP contribution in [0.25, 0.3) is 0 Å². The molecule has 0 aromatic heterocycles. The highest BCUT2D eigenvalue weighted by atomic mass is 16.5. The second-order valence-corrected chi connectivity index (χ2v) is 10.5. The molecule has 2 saturated heterocycles. The quantitative estimate of drug-likeness (QED) is 0.452. The first-order chi connectivity index (χ1) is 18.2. The molecule has 192 valence electrons. The Kier molecular flexibility index (Phi) is 6.75. The molecule has 37 heavy (non-hydrogen) atoms. The smallest absolute Gasteiger partial charge is 0.247 e. The molecule has 1 saturated carbocycles. The van der Waals surface area contributed by atoms with Gasteiger partial charge in [0.2, 0.25) is 5.91 Å². The lowest BCUT2D eigenvalue weighted by Crippen LogP contribution is -2.56. The Morgan fingerprint density at radius 2 is 1.59 bits per heavy atom. The highest BCUT2D eigenvalue weighted by Gasteiger charge is 2.50. The number of likely N-dealkylation sites (tertiary alicyclic amines) is 1. The number of nitrogens with one attached hydrogen (secondary N) is 1. The van der Waals surface area contributed by atoms with Gasteiger partial charge in [0.1, 0.15) is 11.3 Å². The monoisotopic (exact) mass is 497 g/mol. The third-order valence-corrected chi connectivity index (χ3v) is 8.07. The van der Waals surface area contributed by atoms with Crippen LogP contribution in [0, 0.1) is 0 Å². The number of benzene rings is 3. The Morgan fingerprint density at radius 1 is 0.865 bits per heavy atom. The highest BCUT2D eigenvalue weighted by molar-refractivity contribution is 5.93. The summed E-state index contributed by atoms with van der Waals surface area (Å²) in [5, 5.41) is 3.09. The van der Waals surface area contributed by atoms with Gasteiger partial charge in [0, 0.05) is 25.3 Å². The van der Waals surface area contributed by atoms with Crippen molar-refractivity contribution in [2.45, 2.75) is 56.7 Å². The molecular weight excluding hydrogens is 462 g/mol. The molecule has 2 heterocycles. The van der Waals surface area contributed by atoms with Crippen molar-refractivity contribution in [2.75, 3.05) is 24.7 Å². The Bertz CT molecular complexity index is 1220. The number of nitrogens with zero attached hydrogens (tertiary/aromatic N) is 2. The first-order valence-corrected chi connectivity index (χ1v) is 13.6. The summed E-state index contributed by atoms with van der Waals surface area (Å²) in [4.78, 5) is 17.7. The predicted molar refractivity (Wildman–Crippen MR) is 145 cm³/mol. The van der Waals surface area contributed by atoms with Crippen molar-refractivity contribution in [3.05, 3.63) is 84.4 Å². The summed E-state index contributed by atoms with van der Waals surface area (Å²) >= 11 is 0. The van der Waals surface area contributed by atoms with Crippen molar-refractivity contribution in [1.82, 2.24) is 10.2 Å². The molecule has 0 bridgehead atoms. The first kappa shape index (κ1) is 23.9. The molecule has 1 aliphatic carbocycles. The van der Waals surface area contributed by atoms with Crippen molar-refractivity contribution in [3.8, 4) is 17.2 Å². The lowest BCUT2D eigenvalue weighted by atomic mass is 9.85. The summed E-state index contributed by atoms with van der Waals surface area (Å²) in [7, 11) is 0. The standard InChI is InChI=1S/C31H35N3O3/c35-30-31(34(23-32-30)25-10-2-1-3-11-25)17-19-33(20-18-31)22-24-9-8-14-27(21-24)37-29-16-7-6-15-28(29)36-26-12-4-5-13-26/h1-3,6-11,14-16,21,26H,4-5,12-13,17-20,22-23H2,(H,32,35). The molecule has 1 spiro atoms. The van der Waals surface area contributed by atoms with Gasteiger partial charge < -0.3 is 19.7 Å². The lowest BCUT2D eigenvalue weighted by Gasteiger charge is -2.43. The van der Waals surface area contributed by atoms with E-state index in [1.54, 1.807) is 0 Å². The second-order valence-electron chi connectivity index (χ2n) is 10.5. The number of para-hydroxylation sites is 3. The highest BCUT2D eigenvalue weighted by Crippen LogP contribution is 2.37. The van der Waals surface area contributed by atoms with E-state index >= 15 is 0 Å². The number of anilines is 1. The molecule has 6 nitrogen and oxygen atoms in total. The van der Waals surface area contributed by atoms with Crippen LogP contribution in [-0.2, 0) is 11.3 Å². The van der Waals surface area contributed by atoms with Gasteiger partial charge in [0.15, 0.2) is 11.5 Å². The van der Waals surface area contributed by atoms with E-state index in [4.69, 9.17) is 9.47 Å². The van der Waals surface area contributed by atoms with Crippen molar-refractivity contribution < 1.29 is 14.3 Å². The van der Waals surface area contributed by atoms with E-state index in [0.29, 0.717) is 12.8 Å². The predicted octanol–water partition coefficient (Wildman–Crippen LogP) is 5.73. The van der Waals surface area contributed by atoms with Crippen LogP contribution in [0.2, 0.25) is 0 Å². The Morgan fingerprint density at radius 3 is 2.38 bits per heavy atom. The zero-order chi connectivity index (χ0) is 25.1. The Hall–Kier alpha value is -3.51. The molecule has 3 fully saturated rings. The van der Waals surface area contributed by atoms with E-state index in [1.165, 1.54) is 18.4 Å². The number of hydrogen-bond donors (Lipinski definition) is 1. The fraction of sp³-hybridized carbons (Fsp3) is 0.387. The summed E-state index contributed by atoms with van der Waals surface area (Å²) in [6.07, 6.45) is 6.63. The van der Waals surface area contributed by atoms with Crippen molar-refractivity contribution in [1.29, 1.82) is 0 Å². The summed E-state index contributed by atoms with van der Waals surface area (Å²) in [6, 6.07) is 26.6. The molecule has 3 aromatic carbocycles. The molecule has 1 N–H and O–H groups in total. The van der Waals surface area contributed by atoms with Crippen molar-refractivity contribution >= 4 is 11.6 Å². The van der Waals surface area contributed by atoms with Crippen LogP contribution in [-0.4, -0.2) is 42.2 Å². The van der Waals surface area contributed by atoms with Crippen molar-refractivity contribution in [2.24, 2.45) is 0 Å². The van der Waals surface area contributed by atoms with E-state index in [2.05, 4.69) is 45.4 Å². The molecule has 1 amide bonds. The number of ether oxygens (including phenoxy) is 2. The van der Waals surface area contributed by atoms with Crippen LogP contribution in [0.15, 0.2) is 78.9 Å². The van der Waals surface area contributed by atoms with Crippen LogP contribution in [0.5, 0.6) is 17.2 Å². The summed E-state index contributed by atoms with van der Waals surface area (Å²) < 4.78 is 12.6. The third kappa shape index (κ3) is 5.03. The van der Waals surface area contributed by atoms with E-state index in [-0.39, 0.29) is 5.91 Å². The van der Waals surface area contributed by atoms with Gasteiger partial charge in [-0.05, 0) is 80.5 Å². The first-order valence-electron chi connectivity index (χ1n) is 13.6.